The van der Waals surface area contributed by atoms with Crippen LogP contribution in [0, 0.1) is 12.3 Å². The first-order valence-electron chi connectivity index (χ1n) is 4.44. The summed E-state index contributed by atoms with van der Waals surface area (Å²) in [4.78, 5) is 0. The third-order valence-electron chi connectivity index (χ3n) is 1.92. The number of terminal acetylenes is 1. The van der Waals surface area contributed by atoms with E-state index in [0.717, 1.165) is 12.1 Å². The molecular weight excluding hydrogens is 239 g/mol. The van der Waals surface area contributed by atoms with Crippen molar-refractivity contribution in [3.63, 3.8) is 0 Å². The minimum atomic E-state index is -4.39. The van der Waals surface area contributed by atoms with Crippen LogP contribution in [-0.4, -0.2) is 6.04 Å². The Morgan fingerprint density at radius 2 is 2.06 bits per heavy atom. The molecule has 0 saturated carbocycles. The molecule has 0 fully saturated rings. The van der Waals surface area contributed by atoms with Crippen molar-refractivity contribution in [1.29, 1.82) is 0 Å². The largest absolute Gasteiger partial charge is 0.416 e. The summed E-state index contributed by atoms with van der Waals surface area (Å²) < 4.78 is 37.0. The fraction of sp³-hybridized carbons (Fsp3) is 0.273. The summed E-state index contributed by atoms with van der Waals surface area (Å²) in [7, 11) is 0. The molecule has 1 aromatic carbocycles. The summed E-state index contributed by atoms with van der Waals surface area (Å²) in [5, 5.41) is 2.80. The van der Waals surface area contributed by atoms with Gasteiger partial charge in [0.05, 0.1) is 22.3 Å². The summed E-state index contributed by atoms with van der Waals surface area (Å²) in [6.07, 6.45) is 0.745. The normalized spacial score (nSPS) is 13.0. The van der Waals surface area contributed by atoms with Crippen molar-refractivity contribution in [3.8, 4) is 12.3 Å². The smallest absolute Gasteiger partial charge is 0.371 e. The van der Waals surface area contributed by atoms with E-state index >= 15 is 0 Å². The number of benzene rings is 1. The number of halogens is 4. The van der Waals surface area contributed by atoms with Gasteiger partial charge in [-0.1, -0.05) is 17.5 Å². The topological polar surface area (TPSA) is 12.0 Å². The average molecular weight is 248 g/mol. The fourth-order valence-electron chi connectivity index (χ4n) is 1.08. The highest BCUT2D eigenvalue weighted by atomic mass is 35.5. The molecule has 0 amide bonds. The van der Waals surface area contributed by atoms with E-state index in [1.54, 1.807) is 6.92 Å². The number of rotatable bonds is 2. The highest BCUT2D eigenvalue weighted by Crippen LogP contribution is 2.33. The van der Waals surface area contributed by atoms with Gasteiger partial charge in [-0.2, -0.15) is 13.2 Å². The van der Waals surface area contributed by atoms with E-state index in [-0.39, 0.29) is 11.1 Å². The maximum atomic E-state index is 12.3. The molecule has 0 aromatic heterocycles. The van der Waals surface area contributed by atoms with Gasteiger partial charge in [-0.25, -0.2) is 0 Å². The molecule has 0 aliphatic carbocycles. The van der Waals surface area contributed by atoms with E-state index in [9.17, 15) is 13.2 Å². The summed E-state index contributed by atoms with van der Waals surface area (Å²) in [6, 6.07) is 2.79. The second-order valence-corrected chi connectivity index (χ2v) is 3.63. The highest BCUT2D eigenvalue weighted by Gasteiger charge is 2.30. The Hall–Kier alpha value is -1.34. The molecule has 0 saturated heterocycles. The van der Waals surface area contributed by atoms with E-state index in [0.29, 0.717) is 5.69 Å². The Morgan fingerprint density at radius 3 is 2.50 bits per heavy atom. The SMILES string of the molecule is C#CC(C)Nc1ccc(C(F)(F)F)cc1Cl. The average Bonchev–Trinajstić information content (AvgIpc) is 2.19. The predicted octanol–water partition coefficient (Wildman–Crippen LogP) is 3.79. The minimum absolute atomic E-state index is 0.00285. The van der Waals surface area contributed by atoms with Gasteiger partial charge in [-0.05, 0) is 25.1 Å². The van der Waals surface area contributed by atoms with E-state index in [4.69, 9.17) is 18.0 Å². The van der Waals surface area contributed by atoms with Gasteiger partial charge in [0.1, 0.15) is 0 Å². The second kappa shape index (κ2) is 4.67. The molecule has 1 nitrogen and oxygen atoms in total. The Bertz CT molecular complexity index is 420. The lowest BCUT2D eigenvalue weighted by Crippen LogP contribution is -2.13. The number of hydrogen-bond acceptors (Lipinski definition) is 1. The molecule has 0 radical (unpaired) electrons. The van der Waals surface area contributed by atoms with E-state index in [1.807, 2.05) is 0 Å². The Kier molecular flexibility index (Phi) is 3.71. The van der Waals surface area contributed by atoms with Crippen molar-refractivity contribution < 1.29 is 13.2 Å². The molecule has 0 heterocycles. The first-order valence-corrected chi connectivity index (χ1v) is 4.82. The standard InChI is InChI=1S/C11H9ClF3N/c1-3-7(2)16-10-5-4-8(6-9(10)12)11(13,14)15/h1,4-7,16H,2H3. The number of hydrogen-bond donors (Lipinski definition) is 1. The molecule has 0 spiro atoms. The van der Waals surface area contributed by atoms with E-state index in [2.05, 4.69) is 11.2 Å². The van der Waals surface area contributed by atoms with Crippen LogP contribution in [0.4, 0.5) is 18.9 Å². The Labute approximate surface area is 96.6 Å². The van der Waals surface area contributed by atoms with Crippen molar-refractivity contribution in [2.75, 3.05) is 5.32 Å². The van der Waals surface area contributed by atoms with E-state index < -0.39 is 11.7 Å². The molecule has 16 heavy (non-hydrogen) atoms. The summed E-state index contributed by atoms with van der Waals surface area (Å²) >= 11 is 5.71. The maximum absolute atomic E-state index is 12.3. The van der Waals surface area contributed by atoms with Crippen molar-refractivity contribution in [3.05, 3.63) is 28.8 Å². The second-order valence-electron chi connectivity index (χ2n) is 3.23. The minimum Gasteiger partial charge on any atom is -0.371 e. The van der Waals surface area contributed by atoms with Crippen molar-refractivity contribution in [2.24, 2.45) is 0 Å². The molecule has 0 aliphatic rings. The lowest BCUT2D eigenvalue weighted by molar-refractivity contribution is -0.137. The van der Waals surface area contributed by atoms with Crippen LogP contribution in [0.2, 0.25) is 5.02 Å². The lowest BCUT2D eigenvalue weighted by atomic mass is 10.2. The third kappa shape index (κ3) is 3.07. The summed E-state index contributed by atoms with van der Waals surface area (Å²) in [6.45, 7) is 1.70. The molecule has 1 rings (SSSR count). The Morgan fingerprint density at radius 1 is 1.44 bits per heavy atom. The zero-order valence-electron chi connectivity index (χ0n) is 8.40. The molecular formula is C11H9ClF3N. The number of anilines is 1. The molecule has 1 aromatic rings. The zero-order valence-corrected chi connectivity index (χ0v) is 9.15. The fourth-order valence-corrected chi connectivity index (χ4v) is 1.32. The molecule has 0 bridgehead atoms. The van der Waals surface area contributed by atoms with Crippen LogP contribution in [0.5, 0.6) is 0 Å². The molecule has 1 atom stereocenters. The van der Waals surface area contributed by atoms with Crippen LogP contribution in [0.25, 0.3) is 0 Å². The number of nitrogens with one attached hydrogen (secondary N) is 1. The van der Waals surface area contributed by atoms with Crippen LogP contribution in [0.1, 0.15) is 12.5 Å². The molecule has 86 valence electrons. The van der Waals surface area contributed by atoms with Crippen molar-refractivity contribution >= 4 is 17.3 Å². The zero-order chi connectivity index (χ0) is 12.3. The maximum Gasteiger partial charge on any atom is 0.416 e. The molecule has 1 N–H and O–H groups in total. The third-order valence-corrected chi connectivity index (χ3v) is 2.23. The summed E-state index contributed by atoms with van der Waals surface area (Å²) in [5.74, 6) is 2.39. The van der Waals surface area contributed by atoms with Crippen molar-refractivity contribution in [1.82, 2.24) is 0 Å². The first-order chi connectivity index (χ1) is 7.34. The lowest BCUT2D eigenvalue weighted by Gasteiger charge is -2.13. The predicted molar refractivity (Wildman–Crippen MR) is 58.4 cm³/mol. The highest BCUT2D eigenvalue weighted by molar-refractivity contribution is 6.33. The summed E-state index contributed by atoms with van der Waals surface area (Å²) in [5.41, 5.74) is -0.392. The Balaban J connectivity index is 2.97. The van der Waals surface area contributed by atoms with Gasteiger partial charge in [0, 0.05) is 0 Å². The quantitative estimate of drug-likeness (QED) is 0.784. The van der Waals surface area contributed by atoms with Gasteiger partial charge in [0.25, 0.3) is 0 Å². The van der Waals surface area contributed by atoms with Gasteiger partial charge in [-0.15, -0.1) is 6.42 Å². The molecule has 5 heteroatoms. The van der Waals surface area contributed by atoms with Gasteiger partial charge >= 0.3 is 6.18 Å². The van der Waals surface area contributed by atoms with Crippen LogP contribution < -0.4 is 5.32 Å². The van der Waals surface area contributed by atoms with Crippen LogP contribution >= 0.6 is 11.6 Å². The van der Waals surface area contributed by atoms with Gasteiger partial charge in [-0.3, -0.25) is 0 Å². The van der Waals surface area contributed by atoms with Crippen LogP contribution in [0.15, 0.2) is 18.2 Å². The molecule has 1 unspecified atom stereocenters. The first kappa shape index (κ1) is 12.7. The van der Waals surface area contributed by atoms with Crippen LogP contribution in [-0.2, 0) is 6.18 Å². The van der Waals surface area contributed by atoms with E-state index in [1.165, 1.54) is 6.07 Å². The van der Waals surface area contributed by atoms with Crippen LogP contribution in [0.3, 0.4) is 0 Å². The monoisotopic (exact) mass is 247 g/mol. The number of alkyl halides is 3. The van der Waals surface area contributed by atoms with Gasteiger partial charge in [0.15, 0.2) is 0 Å². The van der Waals surface area contributed by atoms with Gasteiger partial charge in [0.2, 0.25) is 0 Å². The van der Waals surface area contributed by atoms with Crippen molar-refractivity contribution in [2.45, 2.75) is 19.1 Å². The molecule has 0 aliphatic heterocycles. The van der Waals surface area contributed by atoms with Gasteiger partial charge < -0.3 is 5.32 Å².